The van der Waals surface area contributed by atoms with E-state index in [0.29, 0.717) is 0 Å². The third-order valence-electron chi connectivity index (χ3n) is 6.11. The molecule has 34 heavy (non-hydrogen) atoms. The van der Waals surface area contributed by atoms with Crippen molar-refractivity contribution in [2.24, 2.45) is 0 Å². The fraction of sp³-hybridized carbons (Fsp3) is 0.552. The van der Waals surface area contributed by atoms with E-state index in [9.17, 15) is 4.79 Å². The molecule has 0 amide bonds. The van der Waals surface area contributed by atoms with Crippen molar-refractivity contribution in [3.8, 4) is 11.8 Å². The Balaban J connectivity index is 2.08. The Kier molecular flexibility index (Phi) is 6.69. The van der Waals surface area contributed by atoms with Gasteiger partial charge >= 0.3 is 5.97 Å². The first kappa shape index (κ1) is 19.9. The Labute approximate surface area is 216 Å². The number of fused-ring (bicyclic) bond motifs is 1. The summed E-state index contributed by atoms with van der Waals surface area (Å²) in [6.45, 7) is 4.87. The molecule has 5 heteroatoms. The number of carbonyl (C=O) groups is 1. The summed E-state index contributed by atoms with van der Waals surface area (Å²) in [6, 6.07) is 4.36. The lowest BCUT2D eigenvalue weighted by atomic mass is 9.76. The molecule has 182 valence electrons. The molecule has 0 bridgehead atoms. The molecule has 0 saturated carbocycles. The maximum atomic E-state index is 13.1. The van der Waals surface area contributed by atoms with Crippen molar-refractivity contribution in [3.63, 3.8) is 0 Å². The number of aromatic nitrogens is 2. The van der Waals surface area contributed by atoms with Crippen LogP contribution in [0.4, 0.5) is 0 Å². The van der Waals surface area contributed by atoms with Gasteiger partial charge in [-0.1, -0.05) is 65.7 Å². The van der Waals surface area contributed by atoms with Crippen molar-refractivity contribution in [1.82, 2.24) is 9.97 Å². The van der Waals surface area contributed by atoms with Crippen molar-refractivity contribution < 1.29 is 16.4 Å². The zero-order chi connectivity index (χ0) is 29.1. The number of aryl methyl sites for hydroxylation is 1. The minimum Gasteiger partial charge on any atom is -0.465 e. The molecule has 0 fully saturated rings. The van der Waals surface area contributed by atoms with Gasteiger partial charge in [-0.05, 0) is 54.8 Å². The predicted octanol–water partition coefficient (Wildman–Crippen LogP) is 6.85. The predicted molar refractivity (Wildman–Crippen MR) is 140 cm³/mol. The van der Waals surface area contributed by atoms with Crippen LogP contribution in [0.15, 0.2) is 35.6 Å². The molecule has 0 aliphatic carbocycles. The lowest BCUT2D eigenvalue weighted by Crippen LogP contribution is -2.33. The summed E-state index contributed by atoms with van der Waals surface area (Å²) in [7, 11) is 0. The zero-order valence-corrected chi connectivity index (χ0v) is 21.6. The van der Waals surface area contributed by atoms with Crippen molar-refractivity contribution in [2.45, 2.75) is 101 Å². The second kappa shape index (κ2) is 11.4. The van der Waals surface area contributed by atoms with Crippen molar-refractivity contribution in [3.05, 3.63) is 53.1 Å². The summed E-state index contributed by atoms with van der Waals surface area (Å²) >= 11 is 1.88. The quantitative estimate of drug-likeness (QED) is 0.231. The molecule has 1 unspecified atom stereocenters. The van der Waals surface area contributed by atoms with Gasteiger partial charge < -0.3 is 4.74 Å². The third kappa shape index (κ3) is 6.63. The Bertz CT molecular complexity index is 1230. The zero-order valence-electron chi connectivity index (χ0n) is 25.8. The van der Waals surface area contributed by atoms with E-state index in [0.717, 1.165) is 49.7 Å². The molecule has 0 radical (unpaired) electrons. The van der Waals surface area contributed by atoms with E-state index in [1.165, 1.54) is 29.0 Å². The van der Waals surface area contributed by atoms with Gasteiger partial charge in [0, 0.05) is 31.7 Å². The van der Waals surface area contributed by atoms with E-state index in [4.69, 9.17) is 11.6 Å². The van der Waals surface area contributed by atoms with Crippen molar-refractivity contribution in [2.75, 3.05) is 6.56 Å². The molecule has 1 aliphatic heterocycles. The van der Waals surface area contributed by atoms with Crippen LogP contribution in [0.2, 0.25) is 0 Å². The SMILES string of the molecule is [3H]C([3H])([3H])C([3H])([3H])OC(=O)C(C#Cc1cc2c(cc1CCCCCC)SC(C)(C)CC2(C)C)c1cnccn1. The first-order valence-corrected chi connectivity index (χ1v) is 12.7. The number of benzene rings is 1. The first-order valence-electron chi connectivity index (χ1n) is 14.4. The lowest BCUT2D eigenvalue weighted by molar-refractivity contribution is -0.143. The van der Waals surface area contributed by atoms with Gasteiger partial charge in [0.2, 0.25) is 0 Å². The molecule has 0 saturated heterocycles. The molecule has 1 atom stereocenters. The second-order valence-electron chi connectivity index (χ2n) is 10.1. The summed E-state index contributed by atoms with van der Waals surface area (Å²) in [5.41, 5.74) is 3.21. The van der Waals surface area contributed by atoms with Gasteiger partial charge in [0.15, 0.2) is 5.92 Å². The van der Waals surface area contributed by atoms with Gasteiger partial charge in [-0.15, -0.1) is 11.8 Å². The topological polar surface area (TPSA) is 52.1 Å². The van der Waals surface area contributed by atoms with Gasteiger partial charge in [0.25, 0.3) is 0 Å². The maximum absolute atomic E-state index is 13.1. The van der Waals surface area contributed by atoms with Crippen LogP contribution in [0.3, 0.4) is 0 Å². The number of nitrogens with zero attached hydrogens (tertiary/aromatic N) is 2. The van der Waals surface area contributed by atoms with Crippen molar-refractivity contribution >= 4 is 17.7 Å². The number of hydrogen-bond donors (Lipinski definition) is 0. The summed E-state index contributed by atoms with van der Waals surface area (Å²) < 4.78 is 42.7. The van der Waals surface area contributed by atoms with Crippen LogP contribution in [0.25, 0.3) is 0 Å². The number of ether oxygens (including phenoxy) is 1. The van der Waals surface area contributed by atoms with Crippen LogP contribution in [-0.4, -0.2) is 27.2 Å². The molecule has 4 nitrogen and oxygen atoms in total. The number of unbranched alkanes of at least 4 members (excludes halogenated alkanes) is 3. The van der Waals surface area contributed by atoms with Gasteiger partial charge in [0.05, 0.1) is 21.2 Å². The van der Waals surface area contributed by atoms with E-state index < -0.39 is 25.3 Å². The number of esters is 1. The molecule has 1 aromatic carbocycles. The van der Waals surface area contributed by atoms with Crippen LogP contribution in [0, 0.1) is 11.8 Å². The van der Waals surface area contributed by atoms with E-state index in [-0.39, 0.29) is 15.9 Å². The van der Waals surface area contributed by atoms with Gasteiger partial charge in [-0.2, -0.15) is 0 Å². The minimum absolute atomic E-state index is 0.0692. The first-order chi connectivity index (χ1) is 18.1. The average molecular weight is 489 g/mol. The average Bonchev–Trinajstić information content (AvgIpc) is 2.81. The second-order valence-corrected chi connectivity index (χ2v) is 11.8. The fourth-order valence-corrected chi connectivity index (χ4v) is 6.44. The summed E-state index contributed by atoms with van der Waals surface area (Å²) in [4.78, 5) is 22.5. The highest BCUT2D eigenvalue weighted by atomic mass is 32.2. The van der Waals surface area contributed by atoms with E-state index >= 15 is 0 Å². The van der Waals surface area contributed by atoms with Crippen LogP contribution in [-0.2, 0) is 21.4 Å². The Hall–Kier alpha value is -2.32. The third-order valence-corrected chi connectivity index (χ3v) is 7.36. The Morgan fingerprint density at radius 3 is 2.79 bits per heavy atom. The highest BCUT2D eigenvalue weighted by Crippen LogP contribution is 2.51. The monoisotopic (exact) mass is 488 g/mol. The van der Waals surface area contributed by atoms with E-state index in [1.807, 2.05) is 11.8 Å². The van der Waals surface area contributed by atoms with Gasteiger partial charge in [-0.25, -0.2) is 0 Å². The Morgan fingerprint density at radius 2 is 2.09 bits per heavy atom. The minimum atomic E-state index is -3.17. The molecular formula is C29H38N2O2S. The fourth-order valence-electron chi connectivity index (χ4n) is 4.77. The number of rotatable bonds is 8. The lowest BCUT2D eigenvalue weighted by Gasteiger charge is -2.42. The number of carbonyl (C=O) groups excluding carboxylic acids is 1. The number of thioether (sulfide) groups is 1. The van der Waals surface area contributed by atoms with Crippen LogP contribution >= 0.6 is 11.8 Å². The van der Waals surface area contributed by atoms with E-state index in [1.54, 1.807) is 0 Å². The van der Waals surface area contributed by atoms with Gasteiger partial charge in [-0.3, -0.25) is 14.8 Å². The normalized spacial score (nSPS) is 19.6. The molecule has 2 aromatic rings. The smallest absolute Gasteiger partial charge is 0.327 e. The van der Waals surface area contributed by atoms with E-state index in [2.05, 4.69) is 68.6 Å². The summed E-state index contributed by atoms with van der Waals surface area (Å²) in [5.74, 6) is 3.68. The standard InChI is InChI=1S/C29H38N2O2S/c1-7-9-10-11-12-21-18-26-24(28(3,4)20-29(5,6)34-26)17-22(21)13-14-23(27(32)33-8-2)25-19-30-15-16-31-25/h15-19,23H,7-12,20H2,1-6H3/i2T3,8T2. The number of hydrogen-bond acceptors (Lipinski definition) is 5. The van der Waals surface area contributed by atoms with Crippen LogP contribution in [0.5, 0.6) is 0 Å². The highest BCUT2D eigenvalue weighted by Gasteiger charge is 2.38. The Morgan fingerprint density at radius 1 is 1.26 bits per heavy atom. The molecule has 3 rings (SSSR count). The van der Waals surface area contributed by atoms with Crippen LogP contribution in [0.1, 0.15) is 109 Å². The molecule has 0 N–H and O–H groups in total. The molecule has 0 spiro atoms. The maximum Gasteiger partial charge on any atom is 0.327 e. The molecule has 1 aromatic heterocycles. The van der Waals surface area contributed by atoms with Gasteiger partial charge in [0.1, 0.15) is 0 Å². The van der Waals surface area contributed by atoms with Crippen molar-refractivity contribution in [1.29, 1.82) is 0 Å². The summed E-state index contributed by atoms with van der Waals surface area (Å²) in [6.07, 6.45) is 10.5. The summed E-state index contributed by atoms with van der Waals surface area (Å²) in [5, 5.41) is 0. The highest BCUT2D eigenvalue weighted by molar-refractivity contribution is 8.00. The molecule has 2 heterocycles. The largest absolute Gasteiger partial charge is 0.465 e. The molecule has 1 aliphatic rings. The van der Waals surface area contributed by atoms with Crippen LogP contribution < -0.4 is 0 Å². The molecular weight excluding hydrogens is 440 g/mol.